The Balaban J connectivity index is 1.54. The molecule has 2 aromatic rings. The predicted octanol–water partition coefficient (Wildman–Crippen LogP) is 2.84. The minimum Gasteiger partial charge on any atom is -0.491 e. The maximum atomic E-state index is 12.9. The normalized spacial score (nSPS) is 21.4. The molecule has 6 heteroatoms. The van der Waals surface area contributed by atoms with Crippen LogP contribution in [0.2, 0.25) is 0 Å². The maximum absolute atomic E-state index is 12.9. The lowest BCUT2D eigenvalue weighted by Crippen LogP contribution is -2.51. The van der Waals surface area contributed by atoms with E-state index < -0.39 is 5.60 Å². The van der Waals surface area contributed by atoms with Gasteiger partial charge in [-0.15, -0.1) is 0 Å². The Morgan fingerprint density at radius 2 is 2.12 bits per heavy atom. The van der Waals surface area contributed by atoms with Gasteiger partial charge in [-0.3, -0.25) is 9.58 Å². The Morgan fingerprint density at radius 3 is 2.88 bits per heavy atom. The van der Waals surface area contributed by atoms with Gasteiger partial charge in [-0.25, -0.2) is 4.39 Å². The highest BCUT2D eigenvalue weighted by Gasteiger charge is 2.34. The molecular formula is C19H26FN3O2. The van der Waals surface area contributed by atoms with Crippen LogP contribution in [0.1, 0.15) is 31.7 Å². The largest absolute Gasteiger partial charge is 0.491 e. The van der Waals surface area contributed by atoms with Crippen molar-refractivity contribution < 1.29 is 14.2 Å². The summed E-state index contributed by atoms with van der Waals surface area (Å²) in [6, 6.07) is 5.89. The van der Waals surface area contributed by atoms with Gasteiger partial charge >= 0.3 is 0 Å². The van der Waals surface area contributed by atoms with Gasteiger partial charge < -0.3 is 9.84 Å². The van der Waals surface area contributed by atoms with Crippen LogP contribution in [-0.2, 0) is 13.1 Å². The van der Waals surface area contributed by atoms with Gasteiger partial charge in [-0.05, 0) is 50.1 Å². The summed E-state index contributed by atoms with van der Waals surface area (Å²) < 4.78 is 20.6. The molecule has 0 amide bonds. The van der Waals surface area contributed by atoms with Crippen molar-refractivity contribution in [3.63, 3.8) is 0 Å². The highest BCUT2D eigenvalue weighted by atomic mass is 19.1. The summed E-state index contributed by atoms with van der Waals surface area (Å²) in [5.74, 6) is 0.284. The molecule has 25 heavy (non-hydrogen) atoms. The molecule has 1 atom stereocenters. The number of rotatable bonds is 7. The van der Waals surface area contributed by atoms with E-state index in [9.17, 15) is 9.50 Å². The molecule has 1 aliphatic rings. The van der Waals surface area contributed by atoms with Crippen molar-refractivity contribution in [3.05, 3.63) is 48.0 Å². The first-order valence-corrected chi connectivity index (χ1v) is 8.91. The van der Waals surface area contributed by atoms with Gasteiger partial charge in [0.25, 0.3) is 0 Å². The molecule has 1 aromatic heterocycles. The zero-order valence-electron chi connectivity index (χ0n) is 14.7. The summed E-state index contributed by atoms with van der Waals surface area (Å²) >= 11 is 0. The van der Waals surface area contributed by atoms with Crippen LogP contribution in [-0.4, -0.2) is 45.1 Å². The van der Waals surface area contributed by atoms with Crippen molar-refractivity contribution in [2.45, 2.75) is 44.9 Å². The molecule has 1 aliphatic heterocycles. The monoisotopic (exact) mass is 347 g/mol. The molecule has 3 rings (SSSR count). The minimum absolute atomic E-state index is 0.213. The number of benzene rings is 1. The Hall–Kier alpha value is -1.92. The number of aliphatic hydroxyl groups is 1. The number of hydrogen-bond donors (Lipinski definition) is 1. The molecule has 2 heterocycles. The molecule has 0 aliphatic carbocycles. The number of β-amino-alcohol motifs (C(OH)–C–C–N with tert-alkyl or cyclic N) is 1. The fourth-order valence-electron chi connectivity index (χ4n) is 3.30. The second-order valence-corrected chi connectivity index (χ2v) is 6.89. The maximum Gasteiger partial charge on any atom is 0.123 e. The van der Waals surface area contributed by atoms with E-state index in [0.717, 1.165) is 38.0 Å². The van der Waals surface area contributed by atoms with Crippen molar-refractivity contribution in [1.82, 2.24) is 14.7 Å². The zero-order valence-corrected chi connectivity index (χ0v) is 14.7. The van der Waals surface area contributed by atoms with Crippen molar-refractivity contribution in [2.24, 2.45) is 0 Å². The molecule has 136 valence electrons. The number of ether oxygens (including phenoxy) is 1. The third-order valence-corrected chi connectivity index (χ3v) is 4.50. The summed E-state index contributed by atoms with van der Waals surface area (Å²) in [5, 5.41) is 15.2. The Morgan fingerprint density at radius 1 is 1.32 bits per heavy atom. The van der Waals surface area contributed by atoms with Gasteiger partial charge in [0.2, 0.25) is 0 Å². The van der Waals surface area contributed by atoms with Gasteiger partial charge in [-0.1, -0.05) is 6.92 Å². The summed E-state index contributed by atoms with van der Waals surface area (Å²) in [6.07, 6.45) is 6.67. The standard InChI is InChI=1S/C19H26FN3O2/c1-2-9-23-13-16(11-21-23)12-22-10-3-8-19(24,14-22)15-25-18-6-4-17(20)5-7-18/h4-7,11,13,24H,2-3,8-10,12,14-15H2,1H3. The first-order chi connectivity index (χ1) is 12.1. The van der Waals surface area contributed by atoms with E-state index in [1.165, 1.54) is 12.1 Å². The SMILES string of the molecule is CCCn1cc(CN2CCCC(O)(COc3ccc(F)cc3)C2)cn1. The molecule has 0 bridgehead atoms. The molecule has 1 saturated heterocycles. The molecule has 1 fully saturated rings. The van der Waals surface area contributed by atoms with Crippen molar-refractivity contribution in [3.8, 4) is 5.75 Å². The minimum atomic E-state index is -0.883. The second kappa shape index (κ2) is 7.97. The average Bonchev–Trinajstić information content (AvgIpc) is 3.02. The number of aromatic nitrogens is 2. The molecule has 1 unspecified atom stereocenters. The summed E-state index contributed by atoms with van der Waals surface area (Å²) in [5.41, 5.74) is 0.281. The number of halogens is 1. The summed E-state index contributed by atoms with van der Waals surface area (Å²) in [4.78, 5) is 2.24. The highest BCUT2D eigenvalue weighted by Crippen LogP contribution is 2.24. The van der Waals surface area contributed by atoms with Crippen LogP contribution >= 0.6 is 0 Å². The molecule has 5 nitrogen and oxygen atoms in total. The van der Waals surface area contributed by atoms with Crippen LogP contribution in [0.5, 0.6) is 5.75 Å². The number of likely N-dealkylation sites (tertiary alicyclic amines) is 1. The highest BCUT2D eigenvalue weighted by molar-refractivity contribution is 5.22. The van der Waals surface area contributed by atoms with Crippen LogP contribution < -0.4 is 4.74 Å². The van der Waals surface area contributed by atoms with E-state index in [1.54, 1.807) is 12.1 Å². The number of nitrogens with zero attached hydrogens (tertiary/aromatic N) is 3. The Kier molecular flexibility index (Phi) is 5.71. The van der Waals surface area contributed by atoms with Crippen molar-refractivity contribution in [1.29, 1.82) is 0 Å². The molecule has 1 N–H and O–H groups in total. The van der Waals surface area contributed by atoms with E-state index in [4.69, 9.17) is 4.74 Å². The van der Waals surface area contributed by atoms with Crippen molar-refractivity contribution >= 4 is 0 Å². The zero-order chi connectivity index (χ0) is 17.7. The Bertz CT molecular complexity index is 674. The lowest BCUT2D eigenvalue weighted by atomic mass is 9.93. The van der Waals surface area contributed by atoms with Gasteiger partial charge in [0.05, 0.1) is 6.20 Å². The smallest absolute Gasteiger partial charge is 0.123 e. The average molecular weight is 347 g/mol. The number of aryl methyl sites for hydroxylation is 1. The fraction of sp³-hybridized carbons (Fsp3) is 0.526. The predicted molar refractivity (Wildman–Crippen MR) is 93.9 cm³/mol. The van der Waals surface area contributed by atoms with Crippen LogP contribution in [0.25, 0.3) is 0 Å². The fourth-order valence-corrected chi connectivity index (χ4v) is 3.30. The Labute approximate surface area is 148 Å². The molecule has 0 radical (unpaired) electrons. The molecular weight excluding hydrogens is 321 g/mol. The first kappa shape index (κ1) is 17.9. The third kappa shape index (κ3) is 5.03. The topological polar surface area (TPSA) is 50.5 Å². The van der Waals surface area contributed by atoms with Gasteiger partial charge in [0.1, 0.15) is 23.8 Å². The number of piperidine rings is 1. The summed E-state index contributed by atoms with van der Waals surface area (Å²) in [6.45, 7) is 5.57. The quantitative estimate of drug-likeness (QED) is 0.837. The lowest BCUT2D eigenvalue weighted by molar-refractivity contribution is -0.0621. The summed E-state index contributed by atoms with van der Waals surface area (Å²) in [7, 11) is 0. The van der Waals surface area contributed by atoms with Crippen LogP contribution in [0.4, 0.5) is 4.39 Å². The first-order valence-electron chi connectivity index (χ1n) is 8.91. The van der Waals surface area contributed by atoms with E-state index in [2.05, 4.69) is 23.1 Å². The van der Waals surface area contributed by atoms with Crippen LogP contribution in [0.3, 0.4) is 0 Å². The second-order valence-electron chi connectivity index (χ2n) is 6.89. The van der Waals surface area contributed by atoms with E-state index in [0.29, 0.717) is 18.7 Å². The van der Waals surface area contributed by atoms with E-state index in [1.807, 2.05) is 10.9 Å². The van der Waals surface area contributed by atoms with Crippen molar-refractivity contribution in [2.75, 3.05) is 19.7 Å². The third-order valence-electron chi connectivity index (χ3n) is 4.50. The van der Waals surface area contributed by atoms with Crippen LogP contribution in [0.15, 0.2) is 36.7 Å². The van der Waals surface area contributed by atoms with Gasteiger partial charge in [0, 0.05) is 31.4 Å². The van der Waals surface area contributed by atoms with Gasteiger partial charge in [-0.2, -0.15) is 5.10 Å². The molecule has 0 saturated carbocycles. The van der Waals surface area contributed by atoms with Crippen LogP contribution in [0, 0.1) is 5.82 Å². The molecule has 1 aromatic carbocycles. The van der Waals surface area contributed by atoms with Gasteiger partial charge in [0.15, 0.2) is 0 Å². The van der Waals surface area contributed by atoms with E-state index in [-0.39, 0.29) is 12.4 Å². The lowest BCUT2D eigenvalue weighted by Gasteiger charge is -2.38. The number of hydrogen-bond acceptors (Lipinski definition) is 4. The van der Waals surface area contributed by atoms with E-state index >= 15 is 0 Å². The molecule has 0 spiro atoms.